The number of rotatable bonds is 5. The highest BCUT2D eigenvalue weighted by molar-refractivity contribution is 6.46. The summed E-state index contributed by atoms with van der Waals surface area (Å²) in [4.78, 5) is 28.0. The van der Waals surface area contributed by atoms with Crippen LogP contribution in [0.5, 0.6) is 5.75 Å². The van der Waals surface area contributed by atoms with Gasteiger partial charge in [0.1, 0.15) is 11.4 Å². The standard InChI is InChI=1S/C25H19F3N2O3/c1-15-7-6-10-20(16(15)2)30-23(31)21(17-8-4-3-5-9-17)22(24(30)32)29-18-11-13-19(14-12-18)33-25(26,27)28/h3-14,29H,1-2H3. The van der Waals surface area contributed by atoms with E-state index in [1.54, 1.807) is 42.5 Å². The Labute approximate surface area is 188 Å². The maximum absolute atomic E-state index is 13.5. The monoisotopic (exact) mass is 452 g/mol. The van der Waals surface area contributed by atoms with Gasteiger partial charge in [0.2, 0.25) is 0 Å². The summed E-state index contributed by atoms with van der Waals surface area (Å²) in [7, 11) is 0. The zero-order chi connectivity index (χ0) is 23.8. The molecular weight excluding hydrogens is 433 g/mol. The maximum atomic E-state index is 13.5. The van der Waals surface area contributed by atoms with Crippen LogP contribution < -0.4 is 15.0 Å². The summed E-state index contributed by atoms with van der Waals surface area (Å²) < 4.78 is 41.2. The molecule has 0 radical (unpaired) electrons. The zero-order valence-corrected chi connectivity index (χ0v) is 17.7. The Morgan fingerprint density at radius 2 is 1.48 bits per heavy atom. The van der Waals surface area contributed by atoms with Gasteiger partial charge in [0.15, 0.2) is 0 Å². The molecule has 1 aliphatic rings. The quantitative estimate of drug-likeness (QED) is 0.512. The van der Waals surface area contributed by atoms with Gasteiger partial charge >= 0.3 is 6.36 Å². The van der Waals surface area contributed by atoms with E-state index in [0.29, 0.717) is 16.9 Å². The number of hydrogen-bond donors (Lipinski definition) is 1. The second-order valence-electron chi connectivity index (χ2n) is 7.48. The van der Waals surface area contributed by atoms with Crippen molar-refractivity contribution in [2.24, 2.45) is 0 Å². The highest BCUT2D eigenvalue weighted by Gasteiger charge is 2.41. The lowest BCUT2D eigenvalue weighted by Crippen LogP contribution is -2.33. The minimum absolute atomic E-state index is 0.0385. The third kappa shape index (κ3) is 4.45. The van der Waals surface area contributed by atoms with Crippen molar-refractivity contribution >= 4 is 28.8 Å². The lowest BCUT2D eigenvalue weighted by Gasteiger charge is -2.19. The molecule has 0 spiro atoms. The zero-order valence-electron chi connectivity index (χ0n) is 17.7. The molecule has 1 aliphatic heterocycles. The first kappa shape index (κ1) is 22.1. The van der Waals surface area contributed by atoms with Gasteiger partial charge in [-0.25, -0.2) is 4.90 Å². The third-order valence-electron chi connectivity index (χ3n) is 5.32. The van der Waals surface area contributed by atoms with Crippen molar-refractivity contribution in [3.8, 4) is 5.75 Å². The van der Waals surface area contributed by atoms with Crippen molar-refractivity contribution in [3.63, 3.8) is 0 Å². The Balaban J connectivity index is 1.74. The van der Waals surface area contributed by atoms with Gasteiger partial charge in [0.25, 0.3) is 11.8 Å². The first-order valence-electron chi connectivity index (χ1n) is 10.0. The molecule has 1 N–H and O–H groups in total. The summed E-state index contributed by atoms with van der Waals surface area (Å²) in [6.07, 6.45) is -4.81. The molecule has 1 heterocycles. The van der Waals surface area contributed by atoms with Gasteiger partial charge in [0, 0.05) is 5.69 Å². The van der Waals surface area contributed by atoms with Crippen LogP contribution >= 0.6 is 0 Å². The normalized spacial score (nSPS) is 14.2. The number of imide groups is 1. The molecule has 8 heteroatoms. The lowest BCUT2D eigenvalue weighted by molar-refractivity contribution is -0.274. The fourth-order valence-electron chi connectivity index (χ4n) is 3.60. The van der Waals surface area contributed by atoms with Crippen LogP contribution in [0.1, 0.15) is 16.7 Å². The summed E-state index contributed by atoms with van der Waals surface area (Å²) in [5, 5.41) is 2.92. The van der Waals surface area contributed by atoms with Gasteiger partial charge in [-0.05, 0) is 60.9 Å². The van der Waals surface area contributed by atoms with Crippen LogP contribution in [-0.4, -0.2) is 18.2 Å². The molecule has 5 nitrogen and oxygen atoms in total. The van der Waals surface area contributed by atoms with E-state index in [4.69, 9.17) is 0 Å². The number of hydrogen-bond acceptors (Lipinski definition) is 4. The molecule has 33 heavy (non-hydrogen) atoms. The SMILES string of the molecule is Cc1cccc(N2C(=O)C(Nc3ccc(OC(F)(F)F)cc3)=C(c3ccccc3)C2=O)c1C. The second-order valence-corrected chi connectivity index (χ2v) is 7.48. The molecule has 0 saturated heterocycles. The van der Waals surface area contributed by atoms with Crippen LogP contribution in [-0.2, 0) is 9.59 Å². The van der Waals surface area contributed by atoms with Crippen LogP contribution in [0.4, 0.5) is 24.5 Å². The van der Waals surface area contributed by atoms with Crippen molar-refractivity contribution in [1.82, 2.24) is 0 Å². The Hall–Kier alpha value is -4.07. The number of alkyl halides is 3. The molecule has 4 rings (SSSR count). The number of amides is 2. The molecule has 0 bridgehead atoms. The fourth-order valence-corrected chi connectivity index (χ4v) is 3.60. The van der Waals surface area contributed by atoms with Crippen LogP contribution in [0, 0.1) is 13.8 Å². The minimum atomic E-state index is -4.81. The van der Waals surface area contributed by atoms with E-state index >= 15 is 0 Å². The smallest absolute Gasteiger partial charge is 0.406 e. The number of ether oxygens (including phenoxy) is 1. The molecule has 0 saturated carbocycles. The van der Waals surface area contributed by atoms with Crippen molar-refractivity contribution in [1.29, 1.82) is 0 Å². The highest BCUT2D eigenvalue weighted by atomic mass is 19.4. The van der Waals surface area contributed by atoms with Crippen molar-refractivity contribution in [2.75, 3.05) is 10.2 Å². The van der Waals surface area contributed by atoms with E-state index in [-0.39, 0.29) is 11.3 Å². The second kappa shape index (κ2) is 8.46. The van der Waals surface area contributed by atoms with E-state index < -0.39 is 23.9 Å². The molecule has 3 aromatic rings. The van der Waals surface area contributed by atoms with Crippen LogP contribution in [0.15, 0.2) is 78.5 Å². The minimum Gasteiger partial charge on any atom is -0.406 e. The number of anilines is 2. The molecule has 168 valence electrons. The predicted octanol–water partition coefficient (Wildman–Crippen LogP) is 5.60. The van der Waals surface area contributed by atoms with E-state index in [1.807, 2.05) is 19.9 Å². The summed E-state index contributed by atoms with van der Waals surface area (Å²) in [5.41, 5.74) is 3.29. The number of carbonyl (C=O) groups is 2. The van der Waals surface area contributed by atoms with Crippen molar-refractivity contribution in [2.45, 2.75) is 20.2 Å². The number of halogens is 3. The molecule has 0 fully saturated rings. The Bertz CT molecular complexity index is 1250. The van der Waals surface area contributed by atoms with E-state index in [2.05, 4.69) is 10.1 Å². The van der Waals surface area contributed by atoms with Gasteiger partial charge in [-0.15, -0.1) is 13.2 Å². The number of nitrogens with one attached hydrogen (secondary N) is 1. The average Bonchev–Trinajstić information content (AvgIpc) is 3.00. The third-order valence-corrected chi connectivity index (χ3v) is 5.32. The number of benzene rings is 3. The first-order chi connectivity index (χ1) is 15.7. The number of carbonyl (C=O) groups excluding carboxylic acids is 2. The summed E-state index contributed by atoms with van der Waals surface area (Å²) in [5.74, 6) is -1.43. The fraction of sp³-hybridized carbons (Fsp3) is 0.120. The summed E-state index contributed by atoms with van der Waals surface area (Å²) in [6.45, 7) is 3.72. The Morgan fingerprint density at radius 1 is 0.818 bits per heavy atom. The van der Waals surface area contributed by atoms with E-state index in [1.165, 1.54) is 12.1 Å². The lowest BCUT2D eigenvalue weighted by atomic mass is 10.0. The molecule has 0 atom stereocenters. The predicted molar refractivity (Wildman–Crippen MR) is 119 cm³/mol. The molecule has 0 aliphatic carbocycles. The van der Waals surface area contributed by atoms with Gasteiger partial charge in [-0.1, -0.05) is 42.5 Å². The maximum Gasteiger partial charge on any atom is 0.573 e. The highest BCUT2D eigenvalue weighted by Crippen LogP contribution is 2.36. The van der Waals surface area contributed by atoms with Crippen molar-refractivity contribution < 1.29 is 27.5 Å². The molecular formula is C25H19F3N2O3. The van der Waals surface area contributed by atoms with Gasteiger partial charge < -0.3 is 10.1 Å². The number of aryl methyl sites for hydroxylation is 1. The Morgan fingerprint density at radius 3 is 2.12 bits per heavy atom. The largest absolute Gasteiger partial charge is 0.573 e. The van der Waals surface area contributed by atoms with Crippen molar-refractivity contribution in [3.05, 3.63) is 95.2 Å². The van der Waals surface area contributed by atoms with Gasteiger partial charge in [-0.3, -0.25) is 9.59 Å². The van der Waals surface area contributed by atoms with E-state index in [0.717, 1.165) is 28.2 Å². The molecule has 0 unspecified atom stereocenters. The van der Waals surface area contributed by atoms with Crippen LogP contribution in [0.25, 0.3) is 5.57 Å². The number of nitrogens with zero attached hydrogens (tertiary/aromatic N) is 1. The molecule has 3 aromatic carbocycles. The first-order valence-corrected chi connectivity index (χ1v) is 10.0. The van der Waals surface area contributed by atoms with Gasteiger partial charge in [-0.2, -0.15) is 0 Å². The van der Waals surface area contributed by atoms with Crippen LogP contribution in [0.3, 0.4) is 0 Å². The average molecular weight is 452 g/mol. The van der Waals surface area contributed by atoms with Gasteiger partial charge in [0.05, 0.1) is 11.3 Å². The molecule has 0 aromatic heterocycles. The molecule has 2 amide bonds. The van der Waals surface area contributed by atoms with E-state index in [9.17, 15) is 22.8 Å². The summed E-state index contributed by atoms with van der Waals surface area (Å²) >= 11 is 0. The topological polar surface area (TPSA) is 58.6 Å². The Kier molecular flexibility index (Phi) is 5.68. The summed E-state index contributed by atoms with van der Waals surface area (Å²) in [6, 6.07) is 19.0. The van der Waals surface area contributed by atoms with Crippen LogP contribution in [0.2, 0.25) is 0 Å².